The average Bonchev–Trinajstić information content (AvgIpc) is 3.00. The second-order valence-electron chi connectivity index (χ2n) is 10.3. The molecule has 0 N–H and O–H groups in total. The Hall–Kier alpha value is -1.22. The van der Waals surface area contributed by atoms with Gasteiger partial charge in [0.25, 0.3) is 0 Å². The van der Waals surface area contributed by atoms with Crippen LogP contribution in [0.25, 0.3) is 0 Å². The van der Waals surface area contributed by atoms with Gasteiger partial charge in [0.1, 0.15) is 24.0 Å². The molecule has 0 spiro atoms. The quantitative estimate of drug-likeness (QED) is 0.553. The standard InChI is InChI=1S/C24H39NO5Si/c1-23(2,3)31(7,8)28-17-20-22(30-24(4,5)29-20)21-19(26-6)14-15-27-25(21)16-18-12-10-9-11-13-18/h9-14,20-22H,15-17H2,1-8H3/t20-,21-,22-/m0/s1. The van der Waals surface area contributed by atoms with Crippen molar-refractivity contribution in [1.29, 1.82) is 0 Å². The molecule has 0 aliphatic carbocycles. The Kier molecular flexibility index (Phi) is 7.35. The first-order chi connectivity index (χ1) is 14.4. The van der Waals surface area contributed by atoms with Crippen molar-refractivity contribution in [2.75, 3.05) is 20.3 Å². The summed E-state index contributed by atoms with van der Waals surface area (Å²) < 4.78 is 25.0. The van der Waals surface area contributed by atoms with Crippen molar-refractivity contribution in [1.82, 2.24) is 5.06 Å². The monoisotopic (exact) mass is 449 g/mol. The summed E-state index contributed by atoms with van der Waals surface area (Å²) in [6.07, 6.45) is 1.47. The van der Waals surface area contributed by atoms with Crippen molar-refractivity contribution < 1.29 is 23.5 Å². The highest BCUT2D eigenvalue weighted by Gasteiger charge is 2.50. The lowest BCUT2D eigenvalue weighted by molar-refractivity contribution is -0.224. The lowest BCUT2D eigenvalue weighted by Gasteiger charge is -2.40. The van der Waals surface area contributed by atoms with Gasteiger partial charge in [-0.3, -0.25) is 4.84 Å². The fourth-order valence-electron chi connectivity index (χ4n) is 3.76. The van der Waals surface area contributed by atoms with Crippen LogP contribution in [0.2, 0.25) is 18.1 Å². The third-order valence-corrected chi connectivity index (χ3v) is 11.0. The second kappa shape index (κ2) is 9.33. The lowest BCUT2D eigenvalue weighted by atomic mass is 10.0. The molecule has 174 valence electrons. The Morgan fingerprint density at radius 1 is 1.13 bits per heavy atom. The van der Waals surface area contributed by atoms with E-state index in [2.05, 4.69) is 46.0 Å². The van der Waals surface area contributed by atoms with Crippen molar-refractivity contribution in [2.24, 2.45) is 0 Å². The summed E-state index contributed by atoms with van der Waals surface area (Å²) >= 11 is 0. The van der Waals surface area contributed by atoms with E-state index in [-0.39, 0.29) is 23.3 Å². The van der Waals surface area contributed by atoms with Crippen LogP contribution in [0.4, 0.5) is 0 Å². The number of nitrogens with zero attached hydrogens (tertiary/aromatic N) is 1. The lowest BCUT2D eigenvalue weighted by Crippen LogP contribution is -2.52. The summed E-state index contributed by atoms with van der Waals surface area (Å²) in [5, 5.41) is 2.09. The Bertz CT molecular complexity index is 759. The number of hydrogen-bond donors (Lipinski definition) is 0. The van der Waals surface area contributed by atoms with Gasteiger partial charge in [-0.25, -0.2) is 0 Å². The van der Waals surface area contributed by atoms with E-state index >= 15 is 0 Å². The van der Waals surface area contributed by atoms with Gasteiger partial charge in [-0.15, -0.1) is 0 Å². The number of ether oxygens (including phenoxy) is 3. The molecule has 3 rings (SSSR count). The van der Waals surface area contributed by atoms with Gasteiger partial charge in [0, 0.05) is 0 Å². The van der Waals surface area contributed by atoms with Crippen LogP contribution in [-0.2, 0) is 30.0 Å². The van der Waals surface area contributed by atoms with Gasteiger partial charge >= 0.3 is 0 Å². The van der Waals surface area contributed by atoms with Crippen molar-refractivity contribution >= 4 is 8.32 Å². The number of hydrogen-bond acceptors (Lipinski definition) is 6. The normalized spacial score (nSPS) is 27.2. The molecule has 1 saturated heterocycles. The maximum atomic E-state index is 6.53. The second-order valence-corrected chi connectivity index (χ2v) is 15.1. The van der Waals surface area contributed by atoms with E-state index in [1.54, 1.807) is 7.11 Å². The van der Waals surface area contributed by atoms with Gasteiger partial charge < -0.3 is 18.6 Å². The van der Waals surface area contributed by atoms with E-state index < -0.39 is 14.1 Å². The van der Waals surface area contributed by atoms with Gasteiger partial charge in [0.2, 0.25) is 0 Å². The molecule has 0 aromatic heterocycles. The predicted octanol–water partition coefficient (Wildman–Crippen LogP) is 4.87. The predicted molar refractivity (Wildman–Crippen MR) is 124 cm³/mol. The van der Waals surface area contributed by atoms with Crippen LogP contribution in [0.5, 0.6) is 0 Å². The van der Waals surface area contributed by atoms with Crippen molar-refractivity contribution in [2.45, 2.75) is 83.3 Å². The first kappa shape index (κ1) is 24.4. The molecule has 1 aromatic carbocycles. The van der Waals surface area contributed by atoms with Crippen molar-refractivity contribution in [3.8, 4) is 0 Å². The SMILES string of the molecule is COC1=CCON(Cc2ccccc2)[C@@H]1[C@H]1OC(C)(C)O[C@H]1CO[Si](C)(C)C(C)(C)C. The summed E-state index contributed by atoms with van der Waals surface area (Å²) in [6, 6.07) is 10.1. The summed E-state index contributed by atoms with van der Waals surface area (Å²) in [6.45, 7) is 16.7. The average molecular weight is 450 g/mol. The third-order valence-electron chi connectivity index (χ3n) is 6.49. The molecule has 1 fully saturated rings. The highest BCUT2D eigenvalue weighted by atomic mass is 28.4. The number of rotatable bonds is 7. The Morgan fingerprint density at radius 3 is 2.42 bits per heavy atom. The molecule has 0 saturated carbocycles. The van der Waals surface area contributed by atoms with Crippen LogP contribution in [-0.4, -0.2) is 57.7 Å². The number of hydroxylamine groups is 2. The van der Waals surface area contributed by atoms with Crippen LogP contribution < -0.4 is 0 Å². The molecular weight excluding hydrogens is 410 g/mol. The van der Waals surface area contributed by atoms with Gasteiger partial charge in [0.05, 0.1) is 26.9 Å². The van der Waals surface area contributed by atoms with Crippen LogP contribution in [0.3, 0.4) is 0 Å². The Balaban J connectivity index is 1.84. The Morgan fingerprint density at radius 2 is 1.81 bits per heavy atom. The minimum atomic E-state index is -1.93. The fraction of sp³-hybridized carbons (Fsp3) is 0.667. The van der Waals surface area contributed by atoms with Crippen LogP contribution in [0.1, 0.15) is 40.2 Å². The maximum Gasteiger partial charge on any atom is 0.192 e. The molecule has 7 heteroatoms. The Labute approximate surface area is 188 Å². The molecule has 0 amide bonds. The van der Waals surface area contributed by atoms with Gasteiger partial charge in [-0.2, -0.15) is 5.06 Å². The number of methoxy groups -OCH3 is 1. The van der Waals surface area contributed by atoms with Gasteiger partial charge in [-0.1, -0.05) is 51.1 Å². The van der Waals surface area contributed by atoms with E-state index in [9.17, 15) is 0 Å². The highest BCUT2D eigenvalue weighted by Crippen LogP contribution is 2.39. The van der Waals surface area contributed by atoms with E-state index in [0.29, 0.717) is 19.8 Å². The van der Waals surface area contributed by atoms with Crippen LogP contribution in [0.15, 0.2) is 42.2 Å². The summed E-state index contributed by atoms with van der Waals surface area (Å²) in [4.78, 5) is 6.06. The van der Waals surface area contributed by atoms with Crippen molar-refractivity contribution in [3.05, 3.63) is 47.7 Å². The van der Waals surface area contributed by atoms with Crippen molar-refractivity contribution in [3.63, 3.8) is 0 Å². The number of benzene rings is 1. The first-order valence-electron chi connectivity index (χ1n) is 11.1. The van der Waals surface area contributed by atoms with Crippen LogP contribution in [0, 0.1) is 0 Å². The zero-order chi connectivity index (χ0) is 22.9. The third kappa shape index (κ3) is 5.77. The van der Waals surface area contributed by atoms with Gasteiger partial charge in [-0.05, 0) is 43.6 Å². The molecule has 3 atom stereocenters. The zero-order valence-corrected chi connectivity index (χ0v) is 21.3. The largest absolute Gasteiger partial charge is 0.499 e. The molecule has 2 aliphatic heterocycles. The zero-order valence-electron chi connectivity index (χ0n) is 20.3. The van der Waals surface area contributed by atoms with E-state index in [1.807, 2.05) is 43.2 Å². The minimum Gasteiger partial charge on any atom is -0.499 e. The molecule has 1 aromatic rings. The molecule has 2 aliphatic rings. The topological polar surface area (TPSA) is 49.4 Å². The first-order valence-corrected chi connectivity index (χ1v) is 14.0. The van der Waals surface area contributed by atoms with Crippen LogP contribution >= 0.6 is 0 Å². The highest BCUT2D eigenvalue weighted by molar-refractivity contribution is 6.74. The molecule has 6 nitrogen and oxygen atoms in total. The van der Waals surface area contributed by atoms with E-state index in [1.165, 1.54) is 0 Å². The summed E-state index contributed by atoms with van der Waals surface area (Å²) in [5.41, 5.74) is 1.16. The summed E-state index contributed by atoms with van der Waals surface area (Å²) in [5.74, 6) is 0.131. The maximum absolute atomic E-state index is 6.53. The fourth-order valence-corrected chi connectivity index (χ4v) is 4.78. The van der Waals surface area contributed by atoms with Gasteiger partial charge in [0.15, 0.2) is 14.1 Å². The molecule has 0 unspecified atom stereocenters. The minimum absolute atomic E-state index is 0.127. The smallest absolute Gasteiger partial charge is 0.192 e. The molecule has 0 radical (unpaired) electrons. The molecule has 31 heavy (non-hydrogen) atoms. The summed E-state index contributed by atoms with van der Waals surface area (Å²) in [7, 11) is -0.226. The molecule has 2 heterocycles. The van der Waals surface area contributed by atoms with E-state index in [4.69, 9.17) is 23.5 Å². The molecule has 0 bridgehead atoms. The molecular formula is C24H39NO5Si. The van der Waals surface area contributed by atoms with E-state index in [0.717, 1.165) is 11.3 Å².